The van der Waals surface area contributed by atoms with Gasteiger partial charge in [-0.3, -0.25) is 0 Å². The van der Waals surface area contributed by atoms with Gasteiger partial charge in [-0.25, -0.2) is 9.97 Å². The molecule has 0 saturated heterocycles. The molecular formula is C15H23N3S. The number of hydrogen-bond donors (Lipinski definition) is 1. The van der Waals surface area contributed by atoms with E-state index in [1.54, 1.807) is 6.33 Å². The second-order valence-electron chi connectivity index (χ2n) is 5.80. The molecule has 1 heterocycles. The predicted octanol–water partition coefficient (Wildman–Crippen LogP) is 3.44. The first-order valence-electron chi connectivity index (χ1n) is 7.45. The first-order chi connectivity index (χ1) is 9.33. The number of nitrogens with zero attached hydrogens (tertiary/aromatic N) is 2. The van der Waals surface area contributed by atoms with Crippen molar-refractivity contribution in [3.8, 4) is 0 Å². The van der Waals surface area contributed by atoms with Crippen LogP contribution in [0.2, 0.25) is 0 Å². The molecule has 0 radical (unpaired) electrons. The van der Waals surface area contributed by atoms with E-state index in [9.17, 15) is 0 Å². The molecule has 0 spiro atoms. The lowest BCUT2D eigenvalue weighted by atomic mass is 9.84. The number of anilines is 1. The number of fused-ring (bicyclic) bond motifs is 1. The van der Waals surface area contributed by atoms with Gasteiger partial charge in [0.15, 0.2) is 0 Å². The van der Waals surface area contributed by atoms with E-state index in [4.69, 9.17) is 0 Å². The fraction of sp³-hybridized carbons (Fsp3) is 0.733. The highest BCUT2D eigenvalue weighted by molar-refractivity contribution is 8.00. The van der Waals surface area contributed by atoms with Crippen LogP contribution in [0.4, 0.5) is 5.82 Å². The molecule has 2 aliphatic rings. The summed E-state index contributed by atoms with van der Waals surface area (Å²) >= 11 is 2.01. The number of rotatable bonds is 4. The van der Waals surface area contributed by atoms with Gasteiger partial charge >= 0.3 is 0 Å². The van der Waals surface area contributed by atoms with E-state index in [-0.39, 0.29) is 0 Å². The molecule has 1 saturated carbocycles. The van der Waals surface area contributed by atoms with Crippen LogP contribution in [0.25, 0.3) is 0 Å². The van der Waals surface area contributed by atoms with Gasteiger partial charge in [0, 0.05) is 22.5 Å². The summed E-state index contributed by atoms with van der Waals surface area (Å²) in [7, 11) is 0. The van der Waals surface area contributed by atoms with Crippen molar-refractivity contribution in [3.63, 3.8) is 0 Å². The minimum atomic E-state index is 0.461. The minimum Gasteiger partial charge on any atom is -0.368 e. The van der Waals surface area contributed by atoms with E-state index in [1.165, 1.54) is 49.8 Å². The number of hydrogen-bond acceptors (Lipinski definition) is 4. The lowest BCUT2D eigenvalue weighted by Crippen LogP contribution is -2.40. The highest BCUT2D eigenvalue weighted by atomic mass is 32.2. The molecule has 2 aliphatic carbocycles. The normalized spacial score (nSPS) is 21.1. The molecule has 0 aromatic carbocycles. The molecule has 1 aromatic rings. The van der Waals surface area contributed by atoms with Crippen LogP contribution in [0.3, 0.4) is 0 Å². The monoisotopic (exact) mass is 277 g/mol. The fourth-order valence-corrected chi connectivity index (χ4v) is 4.03. The van der Waals surface area contributed by atoms with Crippen LogP contribution in [-0.2, 0) is 12.8 Å². The van der Waals surface area contributed by atoms with Gasteiger partial charge in [-0.2, -0.15) is 11.8 Å². The second-order valence-corrected chi connectivity index (χ2v) is 7.08. The van der Waals surface area contributed by atoms with Crippen LogP contribution in [0, 0.1) is 0 Å². The van der Waals surface area contributed by atoms with E-state index in [2.05, 4.69) is 21.5 Å². The van der Waals surface area contributed by atoms with Gasteiger partial charge in [0.05, 0.1) is 0 Å². The number of aryl methyl sites for hydroxylation is 1. The maximum atomic E-state index is 4.50. The van der Waals surface area contributed by atoms with Crippen molar-refractivity contribution < 1.29 is 0 Å². The Hall–Kier alpha value is -0.770. The summed E-state index contributed by atoms with van der Waals surface area (Å²) in [5, 5.41) is 3.62. The Bertz CT molecular complexity index is 438. The van der Waals surface area contributed by atoms with Crippen LogP contribution >= 0.6 is 11.8 Å². The van der Waals surface area contributed by atoms with Crippen molar-refractivity contribution in [1.82, 2.24) is 9.97 Å². The van der Waals surface area contributed by atoms with Gasteiger partial charge in [0.25, 0.3) is 0 Å². The molecule has 0 bridgehead atoms. The number of nitrogens with one attached hydrogen (secondary N) is 1. The Balaban J connectivity index is 1.74. The van der Waals surface area contributed by atoms with E-state index in [1.807, 2.05) is 11.8 Å². The van der Waals surface area contributed by atoms with Crippen LogP contribution in [0.5, 0.6) is 0 Å². The zero-order valence-corrected chi connectivity index (χ0v) is 12.6. The summed E-state index contributed by atoms with van der Waals surface area (Å²) < 4.78 is 0.461. The largest absolute Gasteiger partial charge is 0.368 e. The van der Waals surface area contributed by atoms with Crippen LogP contribution in [0.1, 0.15) is 49.8 Å². The van der Waals surface area contributed by atoms with Crippen molar-refractivity contribution in [2.45, 2.75) is 56.1 Å². The molecule has 1 fully saturated rings. The molecule has 0 atom stereocenters. The summed E-state index contributed by atoms with van der Waals surface area (Å²) in [6.07, 6.45) is 14.2. The van der Waals surface area contributed by atoms with E-state index in [0.717, 1.165) is 25.2 Å². The maximum absolute atomic E-state index is 4.50. The molecule has 0 aliphatic heterocycles. The molecular weight excluding hydrogens is 254 g/mol. The summed E-state index contributed by atoms with van der Waals surface area (Å²) in [6.45, 7) is 1.05. The van der Waals surface area contributed by atoms with Crippen molar-refractivity contribution in [1.29, 1.82) is 0 Å². The summed E-state index contributed by atoms with van der Waals surface area (Å²) in [6, 6.07) is 0. The summed E-state index contributed by atoms with van der Waals surface area (Å²) in [5.74, 6) is 1.10. The number of aromatic nitrogens is 2. The maximum Gasteiger partial charge on any atom is 0.132 e. The predicted molar refractivity (Wildman–Crippen MR) is 81.9 cm³/mol. The highest BCUT2D eigenvalue weighted by Gasteiger charge is 2.36. The smallest absolute Gasteiger partial charge is 0.132 e. The Morgan fingerprint density at radius 1 is 1.16 bits per heavy atom. The van der Waals surface area contributed by atoms with Crippen LogP contribution in [0.15, 0.2) is 6.33 Å². The minimum absolute atomic E-state index is 0.461. The average molecular weight is 277 g/mol. The van der Waals surface area contributed by atoms with E-state index in [0.29, 0.717) is 4.75 Å². The van der Waals surface area contributed by atoms with E-state index < -0.39 is 0 Å². The lowest BCUT2D eigenvalue weighted by Gasteiger charge is -2.40. The van der Waals surface area contributed by atoms with E-state index >= 15 is 0 Å². The summed E-state index contributed by atoms with van der Waals surface area (Å²) in [5.41, 5.74) is 2.66. The van der Waals surface area contributed by atoms with Crippen molar-refractivity contribution in [3.05, 3.63) is 17.6 Å². The molecule has 1 aromatic heterocycles. The SMILES string of the molecule is CSC1(CNc2ncnc3c2CCCCC3)CCC1. The van der Waals surface area contributed by atoms with Crippen molar-refractivity contribution in [2.75, 3.05) is 18.1 Å². The van der Waals surface area contributed by atoms with Crippen molar-refractivity contribution >= 4 is 17.6 Å². The van der Waals surface area contributed by atoms with Gasteiger partial charge in [-0.1, -0.05) is 12.8 Å². The fourth-order valence-electron chi connectivity index (χ4n) is 3.12. The third-order valence-electron chi connectivity index (χ3n) is 4.65. The molecule has 0 amide bonds. The molecule has 19 heavy (non-hydrogen) atoms. The Morgan fingerprint density at radius 3 is 2.74 bits per heavy atom. The van der Waals surface area contributed by atoms with Gasteiger partial charge in [0.1, 0.15) is 12.1 Å². The summed E-state index contributed by atoms with van der Waals surface area (Å²) in [4.78, 5) is 8.98. The average Bonchev–Trinajstić information content (AvgIpc) is 2.63. The third-order valence-corrected chi connectivity index (χ3v) is 6.07. The Morgan fingerprint density at radius 2 is 2.00 bits per heavy atom. The molecule has 3 rings (SSSR count). The first kappa shape index (κ1) is 13.2. The number of thioether (sulfide) groups is 1. The zero-order valence-electron chi connectivity index (χ0n) is 11.7. The quantitative estimate of drug-likeness (QED) is 0.856. The topological polar surface area (TPSA) is 37.8 Å². The molecule has 4 heteroatoms. The van der Waals surface area contributed by atoms with Gasteiger partial charge in [0.2, 0.25) is 0 Å². The molecule has 3 nitrogen and oxygen atoms in total. The van der Waals surface area contributed by atoms with Gasteiger partial charge < -0.3 is 5.32 Å². The van der Waals surface area contributed by atoms with Crippen molar-refractivity contribution in [2.24, 2.45) is 0 Å². The molecule has 1 N–H and O–H groups in total. The first-order valence-corrected chi connectivity index (χ1v) is 8.67. The molecule has 0 unspecified atom stereocenters. The highest BCUT2D eigenvalue weighted by Crippen LogP contribution is 2.42. The van der Waals surface area contributed by atoms with Gasteiger partial charge in [-0.15, -0.1) is 0 Å². The second kappa shape index (κ2) is 5.70. The van der Waals surface area contributed by atoms with Crippen LogP contribution in [-0.4, -0.2) is 27.5 Å². The lowest BCUT2D eigenvalue weighted by molar-refractivity contribution is 0.379. The third kappa shape index (κ3) is 2.73. The van der Waals surface area contributed by atoms with Gasteiger partial charge in [-0.05, 0) is 44.8 Å². The zero-order chi connectivity index (χ0) is 13.1. The van der Waals surface area contributed by atoms with Crippen LogP contribution < -0.4 is 5.32 Å². The standard InChI is InChI=1S/C15H23N3S/c1-19-15(8-5-9-15)10-16-14-12-6-3-2-4-7-13(12)17-11-18-14/h11H,2-10H2,1H3,(H,16,17,18). The Labute approximate surface area is 120 Å². The Kier molecular flexibility index (Phi) is 3.96. The molecule has 104 valence electrons.